The van der Waals surface area contributed by atoms with Gasteiger partial charge in [-0.3, -0.25) is 4.98 Å². The number of nitrogens with zero attached hydrogens (tertiary/aromatic N) is 3. The van der Waals surface area contributed by atoms with Crippen LogP contribution in [0.1, 0.15) is 77.2 Å². The van der Waals surface area contributed by atoms with E-state index in [4.69, 9.17) is 24.2 Å². The molecule has 2 heterocycles. The molecule has 2 aliphatic carbocycles. The monoisotopic (exact) mass is 899 g/mol. The van der Waals surface area contributed by atoms with Crippen LogP contribution in [0.25, 0.3) is 22.0 Å². The van der Waals surface area contributed by atoms with Gasteiger partial charge in [-0.2, -0.15) is 4.31 Å². The highest BCUT2D eigenvalue weighted by Crippen LogP contribution is 2.62. The average molecular weight is 900 g/mol. The summed E-state index contributed by atoms with van der Waals surface area (Å²) in [6, 6.07) is 31.9. The number of hydrogen-bond donors (Lipinski definition) is 2. The first-order chi connectivity index (χ1) is 31.4. The summed E-state index contributed by atoms with van der Waals surface area (Å²) >= 11 is 0. The number of oxime groups is 1. The Balaban J connectivity index is 1.31. The number of unbranched alkanes of at least 4 members (excludes halogenated alkanes) is 2. The first kappa shape index (κ1) is 46.2. The number of para-hydroxylation sites is 1. The molecule has 12 heteroatoms. The summed E-state index contributed by atoms with van der Waals surface area (Å²) in [6.07, 6.45) is 10.1. The zero-order chi connectivity index (χ0) is 45.8. The maximum Gasteiger partial charge on any atom is 0.245 e. The standard InChI is InChI=1S/C53H61N3O8S/c1-6-32-61-53-48(56(5)65(59,60)47-22-14-19-38-20-15-29-54-51(38)47)35-45(55-64-52(2,3)4)43-33-39(18-10-12-30-57)42(21-11-13-31-58)49(50(43)53)44-34-41(27-28-46(44)63-53)62-40-25-23-37(24-26-40)36-16-8-7-9-17-36/h6-9,14-17,19-20,22-29,33-34,39,42,48-50,57-58H,1,10-13,18,21,30-32,35H2,2-5H3/t39-,42+,48-,49+,50+,53+/m0/s1. The molecule has 8 rings (SSSR count). The van der Waals surface area contributed by atoms with Crippen molar-refractivity contribution in [2.24, 2.45) is 22.9 Å². The van der Waals surface area contributed by atoms with Crippen LogP contribution >= 0.6 is 0 Å². The van der Waals surface area contributed by atoms with Crippen molar-refractivity contribution < 1.29 is 37.7 Å². The largest absolute Gasteiger partial charge is 0.460 e. The first-order valence-electron chi connectivity index (χ1n) is 22.8. The molecule has 1 aliphatic heterocycles. The molecule has 342 valence electrons. The highest BCUT2D eigenvalue weighted by Gasteiger charge is 2.66. The molecule has 11 nitrogen and oxygen atoms in total. The maximum absolute atomic E-state index is 15.2. The van der Waals surface area contributed by atoms with E-state index in [9.17, 15) is 10.2 Å². The lowest BCUT2D eigenvalue weighted by Gasteiger charge is -2.59. The van der Waals surface area contributed by atoms with Gasteiger partial charge in [-0.15, -0.1) is 6.58 Å². The van der Waals surface area contributed by atoms with Crippen molar-refractivity contribution in [2.45, 2.75) is 94.0 Å². The normalized spacial score (nSPS) is 23.3. The predicted molar refractivity (Wildman–Crippen MR) is 254 cm³/mol. The topological polar surface area (TPSA) is 140 Å². The highest BCUT2D eigenvalue weighted by atomic mass is 32.2. The summed E-state index contributed by atoms with van der Waals surface area (Å²) in [5.74, 6) is -0.529. The quantitative estimate of drug-likeness (QED) is 0.0500. The van der Waals surface area contributed by atoms with Crippen molar-refractivity contribution in [3.63, 3.8) is 0 Å². The minimum atomic E-state index is -4.27. The van der Waals surface area contributed by atoms with E-state index in [1.54, 1.807) is 37.5 Å². The Morgan fingerprint density at radius 1 is 0.892 bits per heavy atom. The van der Waals surface area contributed by atoms with Gasteiger partial charge >= 0.3 is 0 Å². The molecule has 0 amide bonds. The third-order valence-electron chi connectivity index (χ3n) is 13.0. The van der Waals surface area contributed by atoms with Gasteiger partial charge in [0, 0.05) is 49.7 Å². The molecule has 1 aromatic heterocycles. The molecule has 1 saturated carbocycles. The molecule has 0 unspecified atom stereocenters. The van der Waals surface area contributed by atoms with E-state index in [1.165, 1.54) is 4.31 Å². The SMILES string of the molecule is C=CCO[C@@]12Oc3ccc(Oc4ccc(-c5ccccc5)cc4)cc3[C@H]3[C@H](CCCCO)[C@@H](CCCCO)C=C(C(=NOC(C)(C)C)C[C@@H]1N(C)S(=O)(=O)c1cccc4cccnc14)[C@H]32. The third-order valence-corrected chi connectivity index (χ3v) is 14.9. The molecule has 0 radical (unpaired) electrons. The number of rotatable bonds is 18. The maximum atomic E-state index is 15.2. The van der Waals surface area contributed by atoms with Crippen LogP contribution in [0, 0.1) is 17.8 Å². The highest BCUT2D eigenvalue weighted by molar-refractivity contribution is 7.89. The van der Waals surface area contributed by atoms with Gasteiger partial charge in [0.25, 0.3) is 0 Å². The summed E-state index contributed by atoms with van der Waals surface area (Å²) in [6.45, 7) is 10.1. The van der Waals surface area contributed by atoms with E-state index >= 15 is 8.42 Å². The fourth-order valence-corrected chi connectivity index (χ4v) is 11.6. The second-order valence-electron chi connectivity index (χ2n) is 18.3. The van der Waals surface area contributed by atoms with E-state index in [0.717, 1.165) is 47.9 Å². The van der Waals surface area contributed by atoms with Crippen molar-refractivity contribution >= 4 is 26.6 Å². The smallest absolute Gasteiger partial charge is 0.245 e. The van der Waals surface area contributed by atoms with Gasteiger partial charge in [-0.1, -0.05) is 90.8 Å². The molecule has 6 atom stereocenters. The number of aliphatic hydroxyl groups excluding tert-OH is 2. The van der Waals surface area contributed by atoms with Gasteiger partial charge in [-0.05, 0) is 117 Å². The molecule has 1 fully saturated rings. The van der Waals surface area contributed by atoms with Gasteiger partial charge in [0.2, 0.25) is 15.8 Å². The number of pyridine rings is 1. The molecule has 65 heavy (non-hydrogen) atoms. The minimum absolute atomic E-state index is 0.00327. The lowest BCUT2D eigenvalue weighted by Crippen LogP contribution is -2.69. The minimum Gasteiger partial charge on any atom is -0.460 e. The number of sulfonamides is 1. The Morgan fingerprint density at radius 3 is 2.32 bits per heavy atom. The number of aromatic nitrogens is 1. The predicted octanol–water partition coefficient (Wildman–Crippen LogP) is 10.4. The van der Waals surface area contributed by atoms with E-state index in [-0.39, 0.29) is 48.9 Å². The Kier molecular flexibility index (Phi) is 13.9. The number of allylic oxidation sites excluding steroid dienone is 1. The van der Waals surface area contributed by atoms with Crippen LogP contribution < -0.4 is 9.47 Å². The summed E-state index contributed by atoms with van der Waals surface area (Å²) in [7, 11) is -2.68. The zero-order valence-corrected chi connectivity index (χ0v) is 38.6. The van der Waals surface area contributed by atoms with Crippen LogP contribution in [-0.4, -0.2) is 77.9 Å². The number of aliphatic hydroxyl groups is 2. The lowest BCUT2D eigenvalue weighted by molar-refractivity contribution is -0.250. The lowest BCUT2D eigenvalue weighted by atomic mass is 9.55. The Labute approximate surface area is 383 Å². The van der Waals surface area contributed by atoms with Crippen molar-refractivity contribution in [1.82, 2.24) is 9.29 Å². The second kappa shape index (κ2) is 19.6. The first-order valence-corrected chi connectivity index (χ1v) is 24.2. The van der Waals surface area contributed by atoms with Crippen LogP contribution in [0.4, 0.5) is 0 Å². The van der Waals surface area contributed by atoms with Gasteiger partial charge in [0.15, 0.2) is 0 Å². The van der Waals surface area contributed by atoms with E-state index in [1.807, 2.05) is 87.5 Å². The molecular weight excluding hydrogens is 839 g/mol. The summed E-state index contributed by atoms with van der Waals surface area (Å²) in [4.78, 5) is 10.8. The average Bonchev–Trinajstić information content (AvgIpc) is 3.31. The zero-order valence-electron chi connectivity index (χ0n) is 37.8. The number of ether oxygens (including phenoxy) is 3. The van der Waals surface area contributed by atoms with Crippen LogP contribution in [0.2, 0.25) is 0 Å². The molecule has 4 aromatic carbocycles. The second-order valence-corrected chi connectivity index (χ2v) is 20.3. The molecule has 0 bridgehead atoms. The van der Waals surface area contributed by atoms with Crippen LogP contribution in [0.5, 0.6) is 17.2 Å². The van der Waals surface area contributed by atoms with E-state index in [0.29, 0.717) is 46.7 Å². The summed E-state index contributed by atoms with van der Waals surface area (Å²) < 4.78 is 52.8. The Hall–Kier alpha value is -5.37. The van der Waals surface area contributed by atoms with Crippen molar-refractivity contribution in [3.05, 3.63) is 139 Å². The van der Waals surface area contributed by atoms with Crippen LogP contribution in [0.15, 0.2) is 144 Å². The fourth-order valence-electron chi connectivity index (χ4n) is 10.0. The van der Waals surface area contributed by atoms with Crippen molar-refractivity contribution in [1.29, 1.82) is 0 Å². The summed E-state index contributed by atoms with van der Waals surface area (Å²) in [5.41, 5.74) is 4.34. The fraction of sp³-hybridized carbons (Fsp3) is 0.396. The van der Waals surface area contributed by atoms with Gasteiger partial charge in [-0.25, -0.2) is 8.42 Å². The molecule has 3 aliphatic rings. The van der Waals surface area contributed by atoms with Gasteiger partial charge < -0.3 is 29.3 Å². The third kappa shape index (κ3) is 9.51. The number of hydrogen-bond acceptors (Lipinski definition) is 10. The van der Waals surface area contributed by atoms with Crippen LogP contribution in [0.3, 0.4) is 0 Å². The van der Waals surface area contributed by atoms with Crippen molar-refractivity contribution in [2.75, 3.05) is 26.9 Å². The Bertz CT molecular complexity index is 2620. The number of likely N-dealkylation sites (N-methyl/N-ethyl adjacent to an activating group) is 1. The van der Waals surface area contributed by atoms with E-state index in [2.05, 4.69) is 35.8 Å². The van der Waals surface area contributed by atoms with Gasteiger partial charge in [0.05, 0.1) is 29.8 Å². The molecule has 2 N–H and O–H groups in total. The Morgan fingerprint density at radius 2 is 1.60 bits per heavy atom. The number of fused-ring (bicyclic) bond motifs is 3. The van der Waals surface area contributed by atoms with Crippen LogP contribution in [-0.2, 0) is 19.6 Å². The number of benzene rings is 4. The van der Waals surface area contributed by atoms with Gasteiger partial charge in [0.1, 0.15) is 27.7 Å². The van der Waals surface area contributed by atoms with E-state index < -0.39 is 33.4 Å². The van der Waals surface area contributed by atoms with Crippen molar-refractivity contribution in [3.8, 4) is 28.4 Å². The molecule has 5 aromatic rings. The summed E-state index contributed by atoms with van der Waals surface area (Å²) in [5, 5.41) is 25.6. The molecule has 0 spiro atoms. The molecule has 0 saturated heterocycles. The molecular formula is C53H61N3O8S.